The summed E-state index contributed by atoms with van der Waals surface area (Å²) in [4.78, 5) is 25.5. The van der Waals surface area contributed by atoms with Gasteiger partial charge in [0.2, 0.25) is 0 Å². The molecule has 0 radical (unpaired) electrons. The molecule has 0 saturated heterocycles. The number of oxazole rings is 1. The molecule has 0 atom stereocenters. The van der Waals surface area contributed by atoms with Gasteiger partial charge in [-0.1, -0.05) is 0 Å². The molecule has 0 aliphatic rings. The Bertz CT molecular complexity index is 572. The van der Waals surface area contributed by atoms with E-state index in [1.807, 2.05) is 0 Å². The van der Waals surface area contributed by atoms with E-state index >= 15 is 0 Å². The molecule has 6 nitrogen and oxygen atoms in total. The quantitative estimate of drug-likeness (QED) is 0.769. The van der Waals surface area contributed by atoms with Crippen molar-refractivity contribution in [3.05, 3.63) is 29.7 Å². The Kier molecular flexibility index (Phi) is 2.32. The SMILES string of the molecule is COC(=O)c1ccc2oc(C(=O)O)nc2c1. The second-order valence-corrected chi connectivity index (χ2v) is 3.00. The van der Waals surface area contributed by atoms with Crippen molar-refractivity contribution < 1.29 is 23.8 Å². The van der Waals surface area contributed by atoms with Crippen LogP contribution in [0.1, 0.15) is 21.0 Å². The van der Waals surface area contributed by atoms with Gasteiger partial charge >= 0.3 is 17.8 Å². The molecule has 0 aliphatic carbocycles. The summed E-state index contributed by atoms with van der Waals surface area (Å²) in [5.74, 6) is -2.17. The smallest absolute Gasteiger partial charge is 0.392 e. The summed E-state index contributed by atoms with van der Waals surface area (Å²) >= 11 is 0. The number of ether oxygens (including phenoxy) is 1. The van der Waals surface area contributed by atoms with Crippen LogP contribution < -0.4 is 0 Å². The van der Waals surface area contributed by atoms with E-state index in [0.717, 1.165) is 0 Å². The molecule has 0 bridgehead atoms. The van der Waals surface area contributed by atoms with Crippen LogP contribution in [0.5, 0.6) is 0 Å². The Balaban J connectivity index is 2.53. The number of methoxy groups -OCH3 is 1. The van der Waals surface area contributed by atoms with Crippen molar-refractivity contribution >= 4 is 23.0 Å². The Labute approximate surface area is 89.5 Å². The molecule has 2 aromatic rings. The summed E-state index contributed by atoms with van der Waals surface area (Å²) in [6.45, 7) is 0. The molecule has 1 N–H and O–H groups in total. The average Bonchev–Trinajstić information content (AvgIpc) is 2.70. The highest BCUT2D eigenvalue weighted by atomic mass is 16.5. The average molecular weight is 221 g/mol. The number of carbonyl (C=O) groups is 2. The first-order valence-corrected chi connectivity index (χ1v) is 4.34. The van der Waals surface area contributed by atoms with E-state index in [1.54, 1.807) is 0 Å². The number of esters is 1. The highest BCUT2D eigenvalue weighted by Gasteiger charge is 2.14. The number of hydrogen-bond donors (Lipinski definition) is 1. The molecule has 0 amide bonds. The van der Waals surface area contributed by atoms with Crippen molar-refractivity contribution in [3.8, 4) is 0 Å². The third-order valence-corrected chi connectivity index (χ3v) is 1.99. The third-order valence-electron chi connectivity index (χ3n) is 1.99. The van der Waals surface area contributed by atoms with Gasteiger partial charge in [0.05, 0.1) is 12.7 Å². The minimum Gasteiger partial charge on any atom is -0.474 e. The summed E-state index contributed by atoms with van der Waals surface area (Å²) in [7, 11) is 1.26. The molecule has 82 valence electrons. The van der Waals surface area contributed by atoms with Gasteiger partial charge in [-0.3, -0.25) is 0 Å². The van der Waals surface area contributed by atoms with Crippen molar-refractivity contribution in [1.29, 1.82) is 0 Å². The van der Waals surface area contributed by atoms with Gasteiger partial charge in [-0.25, -0.2) is 14.6 Å². The number of aromatic carboxylic acids is 1. The molecular weight excluding hydrogens is 214 g/mol. The van der Waals surface area contributed by atoms with Crippen LogP contribution in [0.25, 0.3) is 11.1 Å². The van der Waals surface area contributed by atoms with E-state index in [1.165, 1.54) is 25.3 Å². The number of hydrogen-bond acceptors (Lipinski definition) is 5. The van der Waals surface area contributed by atoms with E-state index in [0.29, 0.717) is 16.7 Å². The molecule has 16 heavy (non-hydrogen) atoms. The van der Waals surface area contributed by atoms with E-state index in [9.17, 15) is 9.59 Å². The van der Waals surface area contributed by atoms with Gasteiger partial charge in [-0.05, 0) is 18.2 Å². The molecule has 1 heterocycles. The molecule has 0 saturated carbocycles. The van der Waals surface area contributed by atoms with Crippen LogP contribution >= 0.6 is 0 Å². The molecule has 1 aromatic carbocycles. The second-order valence-electron chi connectivity index (χ2n) is 3.00. The summed E-state index contributed by atoms with van der Waals surface area (Å²) in [5, 5.41) is 8.66. The van der Waals surface area contributed by atoms with Gasteiger partial charge in [0.25, 0.3) is 0 Å². The number of carboxylic acids is 1. The lowest BCUT2D eigenvalue weighted by Gasteiger charge is -1.96. The van der Waals surface area contributed by atoms with Crippen molar-refractivity contribution in [2.24, 2.45) is 0 Å². The maximum absolute atomic E-state index is 11.2. The summed E-state index contributed by atoms with van der Waals surface area (Å²) < 4.78 is 9.46. The lowest BCUT2D eigenvalue weighted by Crippen LogP contribution is -2.00. The maximum atomic E-state index is 11.2. The zero-order valence-corrected chi connectivity index (χ0v) is 8.26. The maximum Gasteiger partial charge on any atom is 0.392 e. The van der Waals surface area contributed by atoms with Crippen LogP contribution in [-0.2, 0) is 4.74 Å². The fraction of sp³-hybridized carbons (Fsp3) is 0.100. The molecule has 0 spiro atoms. The third kappa shape index (κ3) is 1.60. The van der Waals surface area contributed by atoms with E-state index in [4.69, 9.17) is 9.52 Å². The predicted octanol–water partition coefficient (Wildman–Crippen LogP) is 1.31. The zero-order valence-electron chi connectivity index (χ0n) is 8.26. The first-order valence-electron chi connectivity index (χ1n) is 4.34. The molecule has 0 aliphatic heterocycles. The van der Waals surface area contributed by atoms with Crippen LogP contribution in [-0.4, -0.2) is 29.1 Å². The van der Waals surface area contributed by atoms with Gasteiger partial charge < -0.3 is 14.3 Å². The van der Waals surface area contributed by atoms with Gasteiger partial charge in [-0.15, -0.1) is 0 Å². The first kappa shape index (κ1) is 10.2. The lowest BCUT2D eigenvalue weighted by molar-refractivity contribution is 0.0599. The Morgan fingerprint density at radius 2 is 2.19 bits per heavy atom. The summed E-state index contributed by atoms with van der Waals surface area (Å²) in [6, 6.07) is 4.36. The van der Waals surface area contributed by atoms with Gasteiger partial charge in [-0.2, -0.15) is 0 Å². The van der Waals surface area contributed by atoms with Crippen molar-refractivity contribution in [2.75, 3.05) is 7.11 Å². The van der Waals surface area contributed by atoms with Crippen molar-refractivity contribution in [2.45, 2.75) is 0 Å². The molecule has 0 fully saturated rings. The fourth-order valence-corrected chi connectivity index (χ4v) is 1.26. The van der Waals surface area contributed by atoms with Crippen molar-refractivity contribution in [3.63, 3.8) is 0 Å². The molecule has 2 rings (SSSR count). The normalized spacial score (nSPS) is 10.3. The fourth-order valence-electron chi connectivity index (χ4n) is 1.26. The molecule has 1 aromatic heterocycles. The van der Waals surface area contributed by atoms with Crippen LogP contribution in [0.4, 0.5) is 0 Å². The number of aromatic nitrogens is 1. The second kappa shape index (κ2) is 3.65. The first-order chi connectivity index (χ1) is 7.61. The van der Waals surface area contributed by atoms with Gasteiger partial charge in [0.1, 0.15) is 5.52 Å². The van der Waals surface area contributed by atoms with E-state index in [-0.39, 0.29) is 0 Å². The number of carbonyl (C=O) groups excluding carboxylic acids is 1. The van der Waals surface area contributed by atoms with E-state index in [2.05, 4.69) is 9.72 Å². The Morgan fingerprint density at radius 3 is 2.81 bits per heavy atom. The predicted molar refractivity (Wildman–Crippen MR) is 52.3 cm³/mol. The highest BCUT2D eigenvalue weighted by molar-refractivity contribution is 5.94. The van der Waals surface area contributed by atoms with Crippen LogP contribution in [0.3, 0.4) is 0 Å². The topological polar surface area (TPSA) is 89.6 Å². The number of rotatable bonds is 2. The standard InChI is InChI=1S/C10H7NO5/c1-15-10(14)5-2-3-7-6(4-5)11-8(16-7)9(12)13/h2-4H,1H3,(H,12,13). The van der Waals surface area contributed by atoms with Crippen LogP contribution in [0.2, 0.25) is 0 Å². The number of benzene rings is 1. The minimum atomic E-state index is -1.25. The molecular formula is C10H7NO5. The number of carboxylic acid groups (broad SMARTS) is 1. The molecule has 0 unspecified atom stereocenters. The molecule has 6 heteroatoms. The zero-order chi connectivity index (χ0) is 11.7. The number of fused-ring (bicyclic) bond motifs is 1. The highest BCUT2D eigenvalue weighted by Crippen LogP contribution is 2.17. The van der Waals surface area contributed by atoms with Crippen molar-refractivity contribution in [1.82, 2.24) is 4.98 Å². The van der Waals surface area contributed by atoms with Crippen LogP contribution in [0, 0.1) is 0 Å². The Morgan fingerprint density at radius 1 is 1.44 bits per heavy atom. The van der Waals surface area contributed by atoms with Crippen LogP contribution in [0.15, 0.2) is 22.6 Å². The minimum absolute atomic E-state index is 0.292. The van der Waals surface area contributed by atoms with Gasteiger partial charge in [0.15, 0.2) is 5.58 Å². The lowest BCUT2D eigenvalue weighted by atomic mass is 10.2. The monoisotopic (exact) mass is 221 g/mol. The van der Waals surface area contributed by atoms with E-state index < -0.39 is 17.8 Å². The summed E-state index contributed by atoms with van der Waals surface area (Å²) in [5.41, 5.74) is 0.908. The van der Waals surface area contributed by atoms with Gasteiger partial charge in [0, 0.05) is 0 Å². The Hall–Kier alpha value is -2.37. The summed E-state index contributed by atoms with van der Waals surface area (Å²) in [6.07, 6.45) is 0. The largest absolute Gasteiger partial charge is 0.474 e. The number of nitrogens with zero attached hydrogens (tertiary/aromatic N) is 1.